The molecule has 0 saturated heterocycles. The Morgan fingerprint density at radius 3 is 2.93 bits per heavy atom. The molecule has 1 atom stereocenters. The van der Waals surface area contributed by atoms with Crippen LogP contribution >= 0.6 is 30.2 Å². The summed E-state index contributed by atoms with van der Waals surface area (Å²) in [7, 11) is -3.12. The minimum absolute atomic E-state index is 0.371. The van der Waals surface area contributed by atoms with Gasteiger partial charge in [-0.05, 0) is 35.6 Å². The number of benzene rings is 1. The molecule has 0 bridgehead atoms. The van der Waals surface area contributed by atoms with E-state index in [1.165, 1.54) is 6.26 Å². The fraction of sp³-hybridized carbons (Fsp3) is 0.200. The van der Waals surface area contributed by atoms with Gasteiger partial charge in [-0.3, -0.25) is 4.52 Å². The first-order valence-electron chi connectivity index (χ1n) is 4.56. The van der Waals surface area contributed by atoms with Gasteiger partial charge in [0.1, 0.15) is 6.26 Å². The highest BCUT2D eigenvalue weighted by atomic mass is 127. The maximum absolute atomic E-state index is 12.3. The second-order valence-electron chi connectivity index (χ2n) is 3.00. The molecule has 3 nitrogen and oxygen atoms in total. The van der Waals surface area contributed by atoms with Crippen LogP contribution in [0.3, 0.4) is 0 Å². The van der Waals surface area contributed by atoms with Crippen molar-refractivity contribution in [3.63, 3.8) is 0 Å². The van der Waals surface area contributed by atoms with Crippen molar-refractivity contribution in [2.24, 2.45) is 0 Å². The fourth-order valence-corrected chi connectivity index (χ4v) is 4.09. The van der Waals surface area contributed by atoms with E-state index in [0.29, 0.717) is 11.9 Å². The second kappa shape index (κ2) is 4.28. The van der Waals surface area contributed by atoms with Gasteiger partial charge < -0.3 is 4.52 Å². The molecule has 1 aliphatic rings. The lowest BCUT2D eigenvalue weighted by Gasteiger charge is -2.23. The van der Waals surface area contributed by atoms with Crippen molar-refractivity contribution < 1.29 is 13.6 Å². The van der Waals surface area contributed by atoms with E-state index in [1.54, 1.807) is 13.0 Å². The minimum Gasteiger partial charge on any atom is -0.428 e. The minimum atomic E-state index is -3.12. The maximum atomic E-state index is 12.3. The summed E-state index contributed by atoms with van der Waals surface area (Å²) < 4.78 is 23.7. The van der Waals surface area contributed by atoms with Crippen LogP contribution in [-0.2, 0) is 13.6 Å². The molecule has 0 fully saturated rings. The SMILES string of the molecule is CCOP1(=O)OC=C(I)c2ccccc21. The van der Waals surface area contributed by atoms with E-state index in [2.05, 4.69) is 22.6 Å². The molecule has 0 aliphatic carbocycles. The molecule has 15 heavy (non-hydrogen) atoms. The van der Waals surface area contributed by atoms with Gasteiger partial charge in [0.2, 0.25) is 0 Å². The predicted octanol–water partition coefficient (Wildman–Crippen LogP) is 3.31. The molecule has 1 aromatic carbocycles. The summed E-state index contributed by atoms with van der Waals surface area (Å²) >= 11 is 2.15. The van der Waals surface area contributed by atoms with Crippen molar-refractivity contribution in [3.8, 4) is 0 Å². The highest BCUT2D eigenvalue weighted by molar-refractivity contribution is 14.1. The first-order valence-corrected chi connectivity index (χ1v) is 7.18. The number of fused-ring (bicyclic) bond motifs is 1. The standard InChI is InChI=1S/C10H10IO3P/c1-2-13-15(12)10-6-4-3-5-8(10)9(11)7-14-15/h3-7H,2H2,1H3. The molecule has 5 heteroatoms. The topological polar surface area (TPSA) is 35.5 Å². The first-order chi connectivity index (χ1) is 7.17. The Kier molecular flexibility index (Phi) is 3.19. The zero-order valence-electron chi connectivity index (χ0n) is 8.14. The summed E-state index contributed by atoms with van der Waals surface area (Å²) in [6, 6.07) is 7.45. The molecule has 1 aliphatic heterocycles. The lowest BCUT2D eigenvalue weighted by molar-refractivity contribution is 0.272. The van der Waals surface area contributed by atoms with E-state index in [-0.39, 0.29) is 0 Å². The summed E-state index contributed by atoms with van der Waals surface area (Å²) in [4.78, 5) is 0. The zero-order chi connectivity index (χ0) is 10.9. The lowest BCUT2D eigenvalue weighted by Crippen LogP contribution is -2.16. The van der Waals surface area contributed by atoms with Crippen LogP contribution in [-0.4, -0.2) is 6.61 Å². The molecular formula is C10H10IO3P. The molecule has 0 radical (unpaired) electrons. The largest absolute Gasteiger partial charge is 0.428 e. The summed E-state index contributed by atoms with van der Waals surface area (Å²) in [5, 5.41) is 0.652. The van der Waals surface area contributed by atoms with E-state index in [4.69, 9.17) is 9.05 Å². The highest BCUT2D eigenvalue weighted by Crippen LogP contribution is 2.52. The van der Waals surface area contributed by atoms with Crippen molar-refractivity contribution in [1.29, 1.82) is 0 Å². The van der Waals surface area contributed by atoms with E-state index in [0.717, 1.165) is 9.14 Å². The summed E-state index contributed by atoms with van der Waals surface area (Å²) in [6.45, 7) is 2.17. The first kappa shape index (κ1) is 11.2. The average Bonchev–Trinajstić information content (AvgIpc) is 2.25. The number of halogens is 1. The third-order valence-corrected chi connectivity index (χ3v) is 4.85. The van der Waals surface area contributed by atoms with E-state index >= 15 is 0 Å². The molecule has 0 aromatic heterocycles. The number of hydrogen-bond donors (Lipinski definition) is 0. The monoisotopic (exact) mass is 336 g/mol. The quantitative estimate of drug-likeness (QED) is 0.614. The third-order valence-electron chi connectivity index (χ3n) is 2.05. The van der Waals surface area contributed by atoms with Crippen LogP contribution in [0.5, 0.6) is 0 Å². The van der Waals surface area contributed by atoms with Gasteiger partial charge in [0, 0.05) is 5.56 Å². The second-order valence-corrected chi connectivity index (χ2v) is 6.11. The van der Waals surface area contributed by atoms with E-state index in [1.807, 2.05) is 18.2 Å². The maximum Gasteiger partial charge on any atom is 0.410 e. The normalized spacial score (nSPS) is 24.0. The van der Waals surface area contributed by atoms with Crippen LogP contribution in [0.1, 0.15) is 12.5 Å². The van der Waals surface area contributed by atoms with Gasteiger partial charge in [-0.1, -0.05) is 18.2 Å². The molecule has 0 amide bonds. The van der Waals surface area contributed by atoms with Crippen LogP contribution in [0.25, 0.3) is 3.58 Å². The zero-order valence-corrected chi connectivity index (χ0v) is 11.2. The van der Waals surface area contributed by atoms with Crippen LogP contribution in [0.2, 0.25) is 0 Å². The molecule has 2 rings (SSSR count). The Morgan fingerprint density at radius 2 is 2.20 bits per heavy atom. The van der Waals surface area contributed by atoms with E-state index < -0.39 is 7.60 Å². The van der Waals surface area contributed by atoms with Gasteiger partial charge in [-0.2, -0.15) is 0 Å². The van der Waals surface area contributed by atoms with Crippen LogP contribution in [0, 0.1) is 0 Å². The molecule has 1 heterocycles. The molecular weight excluding hydrogens is 326 g/mol. The van der Waals surface area contributed by atoms with Gasteiger partial charge in [0.25, 0.3) is 0 Å². The Bertz CT molecular complexity index is 456. The van der Waals surface area contributed by atoms with Crippen LogP contribution in [0.4, 0.5) is 0 Å². The van der Waals surface area contributed by atoms with Crippen molar-refractivity contribution in [2.45, 2.75) is 6.92 Å². The van der Waals surface area contributed by atoms with Crippen LogP contribution < -0.4 is 5.30 Å². The predicted molar refractivity (Wildman–Crippen MR) is 68.4 cm³/mol. The van der Waals surface area contributed by atoms with Crippen molar-refractivity contribution in [1.82, 2.24) is 0 Å². The van der Waals surface area contributed by atoms with Gasteiger partial charge in [0.05, 0.1) is 15.5 Å². The van der Waals surface area contributed by atoms with Gasteiger partial charge in [-0.25, -0.2) is 4.57 Å². The van der Waals surface area contributed by atoms with Crippen molar-refractivity contribution >= 4 is 39.1 Å². The Morgan fingerprint density at radius 1 is 1.47 bits per heavy atom. The highest BCUT2D eigenvalue weighted by Gasteiger charge is 2.33. The smallest absolute Gasteiger partial charge is 0.410 e. The third kappa shape index (κ3) is 1.98. The summed E-state index contributed by atoms with van der Waals surface area (Å²) in [5.41, 5.74) is 0.932. The summed E-state index contributed by atoms with van der Waals surface area (Å²) in [5.74, 6) is 0. The van der Waals surface area contributed by atoms with Gasteiger partial charge in [-0.15, -0.1) is 0 Å². The molecule has 0 N–H and O–H groups in total. The molecule has 0 spiro atoms. The molecule has 1 unspecified atom stereocenters. The number of rotatable bonds is 2. The van der Waals surface area contributed by atoms with Crippen LogP contribution in [0.15, 0.2) is 30.5 Å². The Labute approximate surface area is 102 Å². The van der Waals surface area contributed by atoms with E-state index in [9.17, 15) is 4.57 Å². The molecule has 80 valence electrons. The molecule has 0 saturated carbocycles. The van der Waals surface area contributed by atoms with Crippen molar-refractivity contribution in [2.75, 3.05) is 6.61 Å². The lowest BCUT2D eigenvalue weighted by atomic mass is 10.2. The van der Waals surface area contributed by atoms with Gasteiger partial charge in [0.15, 0.2) is 0 Å². The van der Waals surface area contributed by atoms with Gasteiger partial charge >= 0.3 is 7.60 Å². The fourth-order valence-electron chi connectivity index (χ4n) is 1.42. The number of hydrogen-bond acceptors (Lipinski definition) is 3. The summed E-state index contributed by atoms with van der Waals surface area (Å²) in [6.07, 6.45) is 1.50. The average molecular weight is 336 g/mol. The Hall–Kier alpha value is -0.320. The van der Waals surface area contributed by atoms with Crippen molar-refractivity contribution in [3.05, 3.63) is 36.1 Å². The Balaban J connectivity index is 2.55. The molecule has 1 aromatic rings.